The van der Waals surface area contributed by atoms with Gasteiger partial charge in [0, 0.05) is 30.9 Å². The van der Waals surface area contributed by atoms with Crippen LogP contribution in [0, 0.1) is 5.92 Å². The first-order valence-electron chi connectivity index (χ1n) is 10.3. The van der Waals surface area contributed by atoms with E-state index in [4.69, 9.17) is 0 Å². The lowest BCUT2D eigenvalue weighted by Gasteiger charge is -2.18. The zero-order valence-electron chi connectivity index (χ0n) is 17.8. The Kier molecular flexibility index (Phi) is 6.70. The first kappa shape index (κ1) is 21.1. The highest BCUT2D eigenvalue weighted by Crippen LogP contribution is 2.28. The molecule has 1 aliphatic rings. The van der Waals surface area contributed by atoms with Gasteiger partial charge < -0.3 is 15.1 Å². The molecule has 29 heavy (non-hydrogen) atoms. The minimum absolute atomic E-state index is 0.00471. The Labute approximate surface area is 173 Å². The predicted octanol–water partition coefficient (Wildman–Crippen LogP) is 3.91. The monoisotopic (exact) mass is 393 g/mol. The third kappa shape index (κ3) is 5.45. The number of nitrogens with zero attached hydrogens (tertiary/aromatic N) is 2. The summed E-state index contributed by atoms with van der Waals surface area (Å²) >= 11 is 0. The van der Waals surface area contributed by atoms with Crippen LogP contribution >= 0.6 is 0 Å². The fraction of sp³-hybridized carbons (Fsp3) is 0.417. The van der Waals surface area contributed by atoms with Crippen molar-refractivity contribution in [1.29, 1.82) is 0 Å². The van der Waals surface area contributed by atoms with Crippen LogP contribution in [0.25, 0.3) is 0 Å². The number of hydrogen-bond acceptors (Lipinski definition) is 3. The van der Waals surface area contributed by atoms with E-state index in [0.29, 0.717) is 12.5 Å². The van der Waals surface area contributed by atoms with Gasteiger partial charge in [-0.25, -0.2) is 0 Å². The molecule has 0 saturated carbocycles. The van der Waals surface area contributed by atoms with E-state index in [9.17, 15) is 9.59 Å². The first-order chi connectivity index (χ1) is 13.8. The van der Waals surface area contributed by atoms with E-state index in [-0.39, 0.29) is 24.2 Å². The Morgan fingerprint density at radius 1 is 1.17 bits per heavy atom. The molecule has 1 heterocycles. The second-order valence-electron chi connectivity index (χ2n) is 8.39. The zero-order chi connectivity index (χ0) is 21.0. The van der Waals surface area contributed by atoms with Crippen LogP contribution in [0.2, 0.25) is 0 Å². The molecule has 1 aliphatic heterocycles. The summed E-state index contributed by atoms with van der Waals surface area (Å²) in [5.74, 6) is -0.0296. The Bertz CT molecular complexity index is 859. The largest absolute Gasteiger partial charge is 0.326 e. The Morgan fingerprint density at radius 3 is 2.55 bits per heavy atom. The third-order valence-electron chi connectivity index (χ3n) is 5.41. The molecule has 0 bridgehead atoms. The molecular formula is C24H31N3O2. The molecule has 1 saturated heterocycles. The van der Waals surface area contributed by atoms with E-state index >= 15 is 0 Å². The topological polar surface area (TPSA) is 52.7 Å². The van der Waals surface area contributed by atoms with Gasteiger partial charge in [0.1, 0.15) is 0 Å². The number of carbonyl (C=O) groups excluding carboxylic acids is 2. The standard InChI is InChI=1S/C24H31N3O2/c1-17(2)19-6-5-7-22(14-19)27-16-20(15-23(27)28)24(29)25-21-10-8-18(9-11-21)12-13-26(3)4/h5-11,14,17,20H,12-13,15-16H2,1-4H3,(H,25,29). The fourth-order valence-corrected chi connectivity index (χ4v) is 3.54. The molecule has 1 atom stereocenters. The summed E-state index contributed by atoms with van der Waals surface area (Å²) in [5, 5.41) is 2.97. The highest BCUT2D eigenvalue weighted by atomic mass is 16.2. The van der Waals surface area contributed by atoms with Crippen molar-refractivity contribution in [2.24, 2.45) is 5.92 Å². The van der Waals surface area contributed by atoms with E-state index in [2.05, 4.69) is 50.3 Å². The van der Waals surface area contributed by atoms with Crippen LogP contribution < -0.4 is 10.2 Å². The van der Waals surface area contributed by atoms with Gasteiger partial charge in [0.15, 0.2) is 0 Å². The summed E-state index contributed by atoms with van der Waals surface area (Å²) in [6.07, 6.45) is 1.22. The van der Waals surface area contributed by atoms with E-state index in [1.807, 2.05) is 36.4 Å². The highest BCUT2D eigenvalue weighted by Gasteiger charge is 2.35. The number of carbonyl (C=O) groups is 2. The molecule has 5 heteroatoms. The number of hydrogen-bond donors (Lipinski definition) is 1. The van der Waals surface area contributed by atoms with Gasteiger partial charge in [0.2, 0.25) is 11.8 Å². The van der Waals surface area contributed by atoms with Crippen LogP contribution in [-0.4, -0.2) is 43.9 Å². The Balaban J connectivity index is 1.61. The molecule has 1 N–H and O–H groups in total. The van der Waals surface area contributed by atoms with Crippen LogP contribution in [0.15, 0.2) is 48.5 Å². The van der Waals surface area contributed by atoms with Crippen molar-refractivity contribution in [2.75, 3.05) is 37.4 Å². The van der Waals surface area contributed by atoms with Crippen molar-refractivity contribution >= 4 is 23.2 Å². The fourth-order valence-electron chi connectivity index (χ4n) is 3.54. The van der Waals surface area contributed by atoms with Crippen molar-refractivity contribution in [2.45, 2.75) is 32.6 Å². The maximum absolute atomic E-state index is 12.7. The molecule has 2 amide bonds. The maximum Gasteiger partial charge on any atom is 0.229 e. The van der Waals surface area contributed by atoms with Gasteiger partial charge in [-0.2, -0.15) is 0 Å². The average molecular weight is 394 g/mol. The van der Waals surface area contributed by atoms with Gasteiger partial charge in [-0.05, 0) is 61.8 Å². The molecule has 0 aliphatic carbocycles. The van der Waals surface area contributed by atoms with Gasteiger partial charge in [0.05, 0.1) is 5.92 Å². The summed E-state index contributed by atoms with van der Waals surface area (Å²) in [5.41, 5.74) is 4.08. The van der Waals surface area contributed by atoms with Gasteiger partial charge in [-0.1, -0.05) is 38.1 Å². The molecule has 2 aromatic rings. The first-order valence-corrected chi connectivity index (χ1v) is 10.3. The summed E-state index contributed by atoms with van der Waals surface area (Å²) in [6, 6.07) is 16.0. The molecular weight excluding hydrogens is 362 g/mol. The minimum Gasteiger partial charge on any atom is -0.326 e. The van der Waals surface area contributed by atoms with Gasteiger partial charge in [-0.3, -0.25) is 9.59 Å². The lowest BCUT2D eigenvalue weighted by atomic mass is 10.0. The molecule has 0 radical (unpaired) electrons. The van der Waals surface area contributed by atoms with Crippen molar-refractivity contribution in [3.8, 4) is 0 Å². The van der Waals surface area contributed by atoms with Crippen LogP contribution in [0.3, 0.4) is 0 Å². The normalized spacial score (nSPS) is 16.7. The number of anilines is 2. The van der Waals surface area contributed by atoms with Crippen molar-refractivity contribution in [3.63, 3.8) is 0 Å². The van der Waals surface area contributed by atoms with E-state index in [0.717, 1.165) is 24.3 Å². The van der Waals surface area contributed by atoms with Crippen LogP contribution in [-0.2, 0) is 16.0 Å². The van der Waals surface area contributed by atoms with Crippen molar-refractivity contribution in [1.82, 2.24) is 4.90 Å². The molecule has 1 unspecified atom stereocenters. The summed E-state index contributed by atoms with van der Waals surface area (Å²) in [7, 11) is 4.11. The van der Waals surface area contributed by atoms with E-state index in [1.54, 1.807) is 4.90 Å². The second kappa shape index (κ2) is 9.23. The number of likely N-dealkylation sites (N-methyl/N-ethyl adjacent to an activating group) is 1. The zero-order valence-corrected chi connectivity index (χ0v) is 17.8. The number of rotatable bonds is 7. The molecule has 3 rings (SSSR count). The lowest BCUT2D eigenvalue weighted by Crippen LogP contribution is -2.28. The Morgan fingerprint density at radius 2 is 1.90 bits per heavy atom. The maximum atomic E-state index is 12.7. The van der Waals surface area contributed by atoms with Crippen molar-refractivity contribution < 1.29 is 9.59 Å². The summed E-state index contributed by atoms with van der Waals surface area (Å²) < 4.78 is 0. The SMILES string of the molecule is CC(C)c1cccc(N2CC(C(=O)Nc3ccc(CCN(C)C)cc3)CC2=O)c1. The van der Waals surface area contributed by atoms with Crippen molar-refractivity contribution in [3.05, 3.63) is 59.7 Å². The molecule has 1 fully saturated rings. The average Bonchev–Trinajstić information content (AvgIpc) is 3.09. The lowest BCUT2D eigenvalue weighted by molar-refractivity contribution is -0.122. The van der Waals surface area contributed by atoms with Gasteiger partial charge >= 0.3 is 0 Å². The smallest absolute Gasteiger partial charge is 0.229 e. The molecule has 154 valence electrons. The summed E-state index contributed by atoms with van der Waals surface area (Å²) in [6.45, 7) is 5.68. The molecule has 0 spiro atoms. The number of nitrogens with one attached hydrogen (secondary N) is 1. The van der Waals surface area contributed by atoms with E-state index < -0.39 is 0 Å². The third-order valence-corrected chi connectivity index (χ3v) is 5.41. The minimum atomic E-state index is -0.335. The molecule has 5 nitrogen and oxygen atoms in total. The molecule has 0 aromatic heterocycles. The van der Waals surface area contributed by atoms with Crippen LogP contribution in [0.1, 0.15) is 37.3 Å². The second-order valence-corrected chi connectivity index (χ2v) is 8.39. The quantitative estimate of drug-likeness (QED) is 0.776. The van der Waals surface area contributed by atoms with Gasteiger partial charge in [0.25, 0.3) is 0 Å². The number of amides is 2. The molecule has 2 aromatic carbocycles. The Hall–Kier alpha value is -2.66. The number of benzene rings is 2. The highest BCUT2D eigenvalue weighted by molar-refractivity contribution is 6.03. The predicted molar refractivity (Wildman–Crippen MR) is 118 cm³/mol. The summed E-state index contributed by atoms with van der Waals surface area (Å²) in [4.78, 5) is 29.1. The van der Waals surface area contributed by atoms with Crippen LogP contribution in [0.4, 0.5) is 11.4 Å². The van der Waals surface area contributed by atoms with Crippen LogP contribution in [0.5, 0.6) is 0 Å². The van der Waals surface area contributed by atoms with E-state index in [1.165, 1.54) is 11.1 Å². The van der Waals surface area contributed by atoms with Gasteiger partial charge in [-0.15, -0.1) is 0 Å².